The maximum atomic E-state index is 12.8. The van der Waals surface area contributed by atoms with Gasteiger partial charge < -0.3 is 15.0 Å². The average Bonchev–Trinajstić information content (AvgIpc) is 2.79. The summed E-state index contributed by atoms with van der Waals surface area (Å²) in [5.74, 6) is 0.694. The second-order valence-corrected chi connectivity index (χ2v) is 9.66. The molecule has 1 heterocycles. The molecule has 1 aliphatic rings. The number of benzene rings is 2. The van der Waals surface area contributed by atoms with Crippen LogP contribution < -0.4 is 10.1 Å². The molecule has 1 saturated heterocycles. The van der Waals surface area contributed by atoms with Crippen LogP contribution in [0.25, 0.3) is 0 Å². The predicted molar refractivity (Wildman–Crippen MR) is 121 cm³/mol. The maximum Gasteiger partial charge on any atom is 0.317 e. The molecule has 1 aliphatic heterocycles. The fourth-order valence-corrected chi connectivity index (χ4v) is 4.84. The fourth-order valence-electron chi connectivity index (χ4n) is 3.42. The van der Waals surface area contributed by atoms with Crippen LogP contribution in [0.4, 0.5) is 4.79 Å². The Bertz CT molecular complexity index is 1050. The summed E-state index contributed by atoms with van der Waals surface area (Å²) < 4.78 is 32.7. The van der Waals surface area contributed by atoms with E-state index in [-0.39, 0.29) is 29.8 Å². The van der Waals surface area contributed by atoms with Crippen molar-refractivity contribution in [3.63, 3.8) is 0 Å². The number of ether oxygens (including phenoxy) is 1. The Morgan fingerprint density at radius 1 is 1.03 bits per heavy atom. The SMILES string of the molecule is CC(=O)c1ccc(S(=O)(=O)N2CCN(C(=O)NCCCOc3cccc(C)c3)CC2)cc1. The first-order valence-electron chi connectivity index (χ1n) is 10.6. The van der Waals surface area contributed by atoms with Crippen LogP contribution in [0.3, 0.4) is 0 Å². The van der Waals surface area contributed by atoms with E-state index in [9.17, 15) is 18.0 Å². The molecule has 8 nitrogen and oxygen atoms in total. The van der Waals surface area contributed by atoms with Gasteiger partial charge in [0.05, 0.1) is 11.5 Å². The lowest BCUT2D eigenvalue weighted by Crippen LogP contribution is -2.53. The number of aryl methyl sites for hydroxylation is 1. The molecule has 9 heteroatoms. The first kappa shape index (κ1) is 23.7. The molecule has 32 heavy (non-hydrogen) atoms. The first-order chi connectivity index (χ1) is 15.3. The van der Waals surface area contributed by atoms with Gasteiger partial charge in [-0.1, -0.05) is 24.3 Å². The van der Waals surface area contributed by atoms with Crippen LogP contribution in [-0.2, 0) is 10.0 Å². The van der Waals surface area contributed by atoms with Crippen molar-refractivity contribution in [3.05, 3.63) is 59.7 Å². The Balaban J connectivity index is 1.41. The molecule has 2 amide bonds. The Labute approximate surface area is 189 Å². The number of amides is 2. The van der Waals surface area contributed by atoms with E-state index in [4.69, 9.17) is 4.74 Å². The molecule has 0 aliphatic carbocycles. The lowest BCUT2D eigenvalue weighted by atomic mass is 10.2. The van der Waals surface area contributed by atoms with Crippen molar-refractivity contribution in [2.24, 2.45) is 0 Å². The molecule has 0 spiro atoms. The zero-order valence-electron chi connectivity index (χ0n) is 18.4. The van der Waals surface area contributed by atoms with E-state index in [2.05, 4.69) is 5.32 Å². The minimum absolute atomic E-state index is 0.115. The lowest BCUT2D eigenvalue weighted by molar-refractivity contribution is 0.101. The molecule has 0 saturated carbocycles. The number of ketones is 1. The third-order valence-electron chi connectivity index (χ3n) is 5.28. The smallest absolute Gasteiger partial charge is 0.317 e. The zero-order valence-corrected chi connectivity index (χ0v) is 19.2. The van der Waals surface area contributed by atoms with Gasteiger partial charge >= 0.3 is 6.03 Å². The minimum atomic E-state index is -3.66. The largest absolute Gasteiger partial charge is 0.494 e. The minimum Gasteiger partial charge on any atom is -0.494 e. The summed E-state index contributed by atoms with van der Waals surface area (Å²) in [7, 11) is -3.66. The van der Waals surface area contributed by atoms with Crippen LogP contribution in [0.1, 0.15) is 29.3 Å². The van der Waals surface area contributed by atoms with Crippen molar-refractivity contribution < 1.29 is 22.7 Å². The van der Waals surface area contributed by atoms with E-state index >= 15 is 0 Å². The molecular formula is C23H29N3O5S. The average molecular weight is 460 g/mol. The molecule has 0 radical (unpaired) electrons. The Morgan fingerprint density at radius 3 is 2.34 bits per heavy atom. The van der Waals surface area contributed by atoms with Crippen molar-refractivity contribution in [1.29, 1.82) is 0 Å². The summed E-state index contributed by atoms with van der Waals surface area (Å²) in [6.45, 7) is 5.49. The number of piperazine rings is 1. The van der Waals surface area contributed by atoms with E-state index in [1.165, 1.54) is 35.5 Å². The van der Waals surface area contributed by atoms with Gasteiger partial charge in [-0.2, -0.15) is 4.31 Å². The highest BCUT2D eigenvalue weighted by atomic mass is 32.2. The van der Waals surface area contributed by atoms with Crippen molar-refractivity contribution in [1.82, 2.24) is 14.5 Å². The van der Waals surface area contributed by atoms with E-state index in [0.29, 0.717) is 38.2 Å². The van der Waals surface area contributed by atoms with E-state index in [1.54, 1.807) is 4.90 Å². The van der Waals surface area contributed by atoms with Gasteiger partial charge in [0, 0.05) is 38.3 Å². The third-order valence-corrected chi connectivity index (χ3v) is 7.19. The lowest BCUT2D eigenvalue weighted by Gasteiger charge is -2.34. The number of hydrogen-bond donors (Lipinski definition) is 1. The Kier molecular flexibility index (Phi) is 7.87. The molecule has 2 aromatic carbocycles. The standard InChI is InChI=1S/C23H29N3O5S/c1-18-5-3-6-21(17-18)31-16-4-11-24-23(28)25-12-14-26(15-13-25)32(29,30)22-9-7-20(8-10-22)19(2)27/h3,5-10,17H,4,11-16H2,1-2H3,(H,24,28). The quantitative estimate of drug-likeness (QED) is 0.484. The van der Waals surface area contributed by atoms with Gasteiger partial charge in [-0.25, -0.2) is 13.2 Å². The van der Waals surface area contributed by atoms with Crippen molar-refractivity contribution >= 4 is 21.8 Å². The fraction of sp³-hybridized carbons (Fsp3) is 0.391. The molecule has 0 atom stereocenters. The number of sulfonamides is 1. The van der Waals surface area contributed by atoms with E-state index in [0.717, 1.165) is 11.3 Å². The van der Waals surface area contributed by atoms with Crippen molar-refractivity contribution in [3.8, 4) is 5.75 Å². The highest BCUT2D eigenvalue weighted by molar-refractivity contribution is 7.89. The number of Topliss-reactive ketones (excluding diaryl/α,β-unsaturated/α-hetero) is 1. The third kappa shape index (κ3) is 6.08. The summed E-state index contributed by atoms with van der Waals surface area (Å²) in [6, 6.07) is 13.5. The van der Waals surface area contributed by atoms with Crippen LogP contribution in [-0.4, -0.2) is 68.8 Å². The number of hydrogen-bond acceptors (Lipinski definition) is 5. The van der Waals surface area contributed by atoms with E-state index in [1.807, 2.05) is 31.2 Å². The van der Waals surface area contributed by atoms with Gasteiger partial charge in [-0.3, -0.25) is 4.79 Å². The Morgan fingerprint density at radius 2 is 1.72 bits per heavy atom. The van der Waals surface area contributed by atoms with Gasteiger partial charge in [-0.15, -0.1) is 0 Å². The number of carbonyl (C=O) groups is 2. The summed E-state index contributed by atoms with van der Waals surface area (Å²) in [5, 5.41) is 2.86. The molecule has 0 bridgehead atoms. The number of nitrogens with one attached hydrogen (secondary N) is 1. The van der Waals surface area contributed by atoms with Crippen LogP contribution in [0.5, 0.6) is 5.75 Å². The molecule has 2 aromatic rings. The second kappa shape index (κ2) is 10.6. The number of nitrogens with zero attached hydrogens (tertiary/aromatic N) is 2. The highest BCUT2D eigenvalue weighted by Crippen LogP contribution is 2.18. The van der Waals surface area contributed by atoms with Gasteiger partial charge in [0.15, 0.2) is 5.78 Å². The van der Waals surface area contributed by atoms with Crippen molar-refractivity contribution in [2.75, 3.05) is 39.3 Å². The summed E-state index contributed by atoms with van der Waals surface area (Å²) in [5.41, 5.74) is 1.60. The number of urea groups is 1. The molecular weight excluding hydrogens is 430 g/mol. The van der Waals surface area contributed by atoms with Crippen LogP contribution in [0, 0.1) is 6.92 Å². The van der Waals surface area contributed by atoms with Crippen LogP contribution >= 0.6 is 0 Å². The monoisotopic (exact) mass is 459 g/mol. The predicted octanol–water partition coefficient (Wildman–Crippen LogP) is 2.68. The first-order valence-corrected chi connectivity index (χ1v) is 12.0. The molecule has 0 aromatic heterocycles. The number of rotatable bonds is 8. The van der Waals surface area contributed by atoms with E-state index < -0.39 is 10.0 Å². The molecule has 3 rings (SSSR count). The Hall–Kier alpha value is -2.91. The zero-order chi connectivity index (χ0) is 23.1. The van der Waals surface area contributed by atoms with Crippen LogP contribution in [0.15, 0.2) is 53.4 Å². The normalized spacial score (nSPS) is 14.8. The maximum absolute atomic E-state index is 12.8. The van der Waals surface area contributed by atoms with Crippen LogP contribution in [0.2, 0.25) is 0 Å². The number of carbonyl (C=O) groups excluding carboxylic acids is 2. The highest BCUT2D eigenvalue weighted by Gasteiger charge is 2.30. The van der Waals surface area contributed by atoms with Gasteiger partial charge in [0.1, 0.15) is 5.75 Å². The summed E-state index contributed by atoms with van der Waals surface area (Å²) in [6.07, 6.45) is 0.671. The molecule has 0 unspecified atom stereocenters. The van der Waals surface area contributed by atoms with Gasteiger partial charge in [-0.05, 0) is 50.1 Å². The van der Waals surface area contributed by atoms with Gasteiger partial charge in [0.2, 0.25) is 10.0 Å². The molecule has 1 N–H and O–H groups in total. The molecule has 172 valence electrons. The molecule has 1 fully saturated rings. The summed E-state index contributed by atoms with van der Waals surface area (Å²) in [4.78, 5) is 25.5. The van der Waals surface area contributed by atoms with Gasteiger partial charge in [0.25, 0.3) is 0 Å². The second-order valence-electron chi connectivity index (χ2n) is 7.72. The summed E-state index contributed by atoms with van der Waals surface area (Å²) >= 11 is 0. The topological polar surface area (TPSA) is 96.0 Å². The van der Waals surface area contributed by atoms with Crippen molar-refractivity contribution in [2.45, 2.75) is 25.2 Å².